The van der Waals surface area contributed by atoms with Gasteiger partial charge in [0.15, 0.2) is 0 Å². The molecule has 1 fully saturated rings. The first-order valence-electron chi connectivity index (χ1n) is 9.51. The van der Waals surface area contributed by atoms with E-state index in [1.165, 1.54) is 0 Å². The first-order valence-corrected chi connectivity index (χ1v) is 9.51. The minimum atomic E-state index is -0.117. The standard InChI is InChI=1S/C23H20N2O4/c26-18-9-7-15(8-10-18)25-16(5-6-17(25)12-28-13-19-14-29-19)11-21-20-3-1-2-4-22(20)24-23(21)27/h1-11,19,26H,12-14H2,(H,24,27)/b21-11-. The molecule has 2 aliphatic rings. The molecule has 6 heteroatoms. The van der Waals surface area contributed by atoms with Gasteiger partial charge in [0.25, 0.3) is 5.91 Å². The van der Waals surface area contributed by atoms with Crippen LogP contribution in [0.25, 0.3) is 17.3 Å². The number of aromatic hydroxyl groups is 1. The van der Waals surface area contributed by atoms with Gasteiger partial charge in [0, 0.05) is 28.3 Å². The number of aromatic nitrogens is 1. The number of para-hydroxylation sites is 1. The molecule has 2 aromatic carbocycles. The Kier molecular flexibility index (Phi) is 4.42. The number of epoxide rings is 1. The zero-order valence-electron chi connectivity index (χ0n) is 15.7. The van der Waals surface area contributed by atoms with E-state index in [0.717, 1.165) is 34.9 Å². The van der Waals surface area contributed by atoms with Gasteiger partial charge in [-0.2, -0.15) is 0 Å². The normalized spacial score (nSPS) is 18.7. The molecule has 2 aliphatic heterocycles. The van der Waals surface area contributed by atoms with Crippen LogP contribution in [0.4, 0.5) is 5.69 Å². The molecule has 3 aromatic rings. The van der Waals surface area contributed by atoms with Gasteiger partial charge in [-0.15, -0.1) is 0 Å². The monoisotopic (exact) mass is 388 g/mol. The van der Waals surface area contributed by atoms with Crippen molar-refractivity contribution in [1.82, 2.24) is 4.57 Å². The van der Waals surface area contributed by atoms with Gasteiger partial charge in [0.2, 0.25) is 0 Å². The van der Waals surface area contributed by atoms with Crippen LogP contribution in [0.3, 0.4) is 0 Å². The van der Waals surface area contributed by atoms with Crippen molar-refractivity contribution in [3.63, 3.8) is 0 Å². The maximum atomic E-state index is 12.5. The van der Waals surface area contributed by atoms with Crippen LogP contribution in [-0.4, -0.2) is 34.9 Å². The molecular formula is C23H20N2O4. The number of nitrogens with one attached hydrogen (secondary N) is 1. The second-order valence-corrected chi connectivity index (χ2v) is 7.13. The predicted molar refractivity (Wildman–Crippen MR) is 110 cm³/mol. The van der Waals surface area contributed by atoms with Gasteiger partial charge in [-0.05, 0) is 48.5 Å². The van der Waals surface area contributed by atoms with Crippen LogP contribution in [-0.2, 0) is 20.9 Å². The fraction of sp³-hybridized carbons (Fsp3) is 0.174. The highest BCUT2D eigenvalue weighted by Gasteiger charge is 2.25. The summed E-state index contributed by atoms with van der Waals surface area (Å²) in [6.07, 6.45) is 2.09. The Morgan fingerprint density at radius 1 is 1.14 bits per heavy atom. The molecule has 1 aromatic heterocycles. The lowest BCUT2D eigenvalue weighted by Gasteiger charge is -2.13. The molecular weight excluding hydrogens is 368 g/mol. The lowest BCUT2D eigenvalue weighted by molar-refractivity contribution is -0.110. The van der Waals surface area contributed by atoms with Crippen LogP contribution >= 0.6 is 0 Å². The Labute approximate surface area is 168 Å². The maximum absolute atomic E-state index is 12.5. The van der Waals surface area contributed by atoms with Crippen LogP contribution in [0, 0.1) is 0 Å². The molecule has 29 heavy (non-hydrogen) atoms. The number of amides is 1. The molecule has 1 amide bonds. The second kappa shape index (κ2) is 7.24. The van der Waals surface area contributed by atoms with Gasteiger partial charge in [0.1, 0.15) is 11.9 Å². The number of rotatable bonds is 6. The Hall–Kier alpha value is -3.35. The van der Waals surface area contributed by atoms with Gasteiger partial charge in [0.05, 0.1) is 25.4 Å². The van der Waals surface area contributed by atoms with E-state index in [-0.39, 0.29) is 17.8 Å². The van der Waals surface area contributed by atoms with E-state index >= 15 is 0 Å². The Balaban J connectivity index is 1.54. The topological polar surface area (TPSA) is 76.0 Å². The van der Waals surface area contributed by atoms with Crippen molar-refractivity contribution in [3.8, 4) is 11.4 Å². The highest BCUT2D eigenvalue weighted by atomic mass is 16.6. The number of nitrogens with zero attached hydrogens (tertiary/aromatic N) is 1. The summed E-state index contributed by atoms with van der Waals surface area (Å²) in [6, 6.07) is 18.6. The molecule has 1 unspecified atom stereocenters. The second-order valence-electron chi connectivity index (χ2n) is 7.13. The average Bonchev–Trinajstić information content (AvgIpc) is 3.38. The Morgan fingerprint density at radius 2 is 1.93 bits per heavy atom. The zero-order chi connectivity index (χ0) is 19.8. The lowest BCUT2D eigenvalue weighted by atomic mass is 10.1. The third-order valence-electron chi connectivity index (χ3n) is 5.06. The number of benzene rings is 2. The fourth-order valence-electron chi connectivity index (χ4n) is 3.53. The molecule has 5 rings (SSSR count). The minimum absolute atomic E-state index is 0.117. The molecule has 1 saturated heterocycles. The molecule has 3 heterocycles. The van der Waals surface area contributed by atoms with Crippen molar-refractivity contribution in [1.29, 1.82) is 0 Å². The number of carbonyl (C=O) groups excluding carboxylic acids is 1. The molecule has 146 valence electrons. The van der Waals surface area contributed by atoms with Gasteiger partial charge < -0.3 is 24.5 Å². The fourth-order valence-corrected chi connectivity index (χ4v) is 3.53. The smallest absolute Gasteiger partial charge is 0.256 e. The molecule has 0 saturated carbocycles. The number of hydrogen-bond acceptors (Lipinski definition) is 4. The Bertz CT molecular complexity index is 1090. The largest absolute Gasteiger partial charge is 0.508 e. The average molecular weight is 388 g/mol. The minimum Gasteiger partial charge on any atom is -0.508 e. The molecule has 0 radical (unpaired) electrons. The van der Waals surface area contributed by atoms with E-state index in [9.17, 15) is 9.90 Å². The van der Waals surface area contributed by atoms with Crippen molar-refractivity contribution in [2.75, 3.05) is 18.5 Å². The van der Waals surface area contributed by atoms with Gasteiger partial charge in [-0.25, -0.2) is 0 Å². The van der Waals surface area contributed by atoms with Crippen molar-refractivity contribution in [3.05, 3.63) is 77.6 Å². The van der Waals surface area contributed by atoms with Crippen LogP contribution in [0.5, 0.6) is 5.75 Å². The quantitative estimate of drug-likeness (QED) is 0.500. The summed E-state index contributed by atoms with van der Waals surface area (Å²) >= 11 is 0. The molecule has 2 N–H and O–H groups in total. The molecule has 0 spiro atoms. The third-order valence-corrected chi connectivity index (χ3v) is 5.06. The van der Waals surface area contributed by atoms with E-state index < -0.39 is 0 Å². The first kappa shape index (κ1) is 17.7. The van der Waals surface area contributed by atoms with E-state index in [0.29, 0.717) is 18.8 Å². The number of ether oxygens (including phenoxy) is 2. The number of hydrogen-bond donors (Lipinski definition) is 2. The highest BCUT2D eigenvalue weighted by molar-refractivity contribution is 6.34. The summed E-state index contributed by atoms with van der Waals surface area (Å²) in [7, 11) is 0. The van der Waals surface area contributed by atoms with Crippen molar-refractivity contribution in [2.45, 2.75) is 12.7 Å². The maximum Gasteiger partial charge on any atom is 0.256 e. The van der Waals surface area contributed by atoms with Gasteiger partial charge >= 0.3 is 0 Å². The van der Waals surface area contributed by atoms with E-state index in [2.05, 4.69) is 5.32 Å². The highest BCUT2D eigenvalue weighted by Crippen LogP contribution is 2.33. The van der Waals surface area contributed by atoms with Crippen LogP contribution in [0.1, 0.15) is 17.0 Å². The van der Waals surface area contributed by atoms with Crippen molar-refractivity contribution < 1.29 is 19.4 Å². The zero-order valence-corrected chi connectivity index (χ0v) is 15.7. The molecule has 1 atom stereocenters. The van der Waals surface area contributed by atoms with E-state index in [4.69, 9.17) is 9.47 Å². The summed E-state index contributed by atoms with van der Waals surface area (Å²) in [5, 5.41) is 12.6. The summed E-state index contributed by atoms with van der Waals surface area (Å²) in [5.41, 5.74) is 5.03. The van der Waals surface area contributed by atoms with E-state index in [1.807, 2.05) is 59.2 Å². The number of carbonyl (C=O) groups is 1. The molecule has 6 nitrogen and oxygen atoms in total. The third kappa shape index (κ3) is 3.55. The molecule has 0 bridgehead atoms. The first-order chi connectivity index (χ1) is 14.2. The van der Waals surface area contributed by atoms with Crippen molar-refractivity contribution in [2.24, 2.45) is 0 Å². The van der Waals surface area contributed by atoms with Gasteiger partial charge in [-0.1, -0.05) is 18.2 Å². The molecule has 0 aliphatic carbocycles. The van der Waals surface area contributed by atoms with Crippen molar-refractivity contribution >= 4 is 23.2 Å². The van der Waals surface area contributed by atoms with Gasteiger partial charge in [-0.3, -0.25) is 4.79 Å². The van der Waals surface area contributed by atoms with Crippen LogP contribution in [0.15, 0.2) is 60.7 Å². The summed E-state index contributed by atoms with van der Waals surface area (Å²) in [5.74, 6) is 0.0851. The number of fused-ring (bicyclic) bond motifs is 1. The summed E-state index contributed by atoms with van der Waals surface area (Å²) in [6.45, 7) is 1.74. The SMILES string of the molecule is O=C1Nc2ccccc2/C1=C/c1ccc(COCC2CO2)n1-c1ccc(O)cc1. The number of anilines is 1. The van der Waals surface area contributed by atoms with E-state index in [1.54, 1.807) is 12.1 Å². The number of phenols is 1. The predicted octanol–water partition coefficient (Wildman–Crippen LogP) is 3.59. The summed E-state index contributed by atoms with van der Waals surface area (Å²) < 4.78 is 13.0. The number of phenolic OH excluding ortho intramolecular Hbond substituents is 1. The lowest BCUT2D eigenvalue weighted by Crippen LogP contribution is -2.08. The van der Waals surface area contributed by atoms with Crippen LogP contribution < -0.4 is 5.32 Å². The summed E-state index contributed by atoms with van der Waals surface area (Å²) in [4.78, 5) is 12.5. The Morgan fingerprint density at radius 3 is 2.72 bits per heavy atom. The van der Waals surface area contributed by atoms with Crippen LogP contribution in [0.2, 0.25) is 0 Å².